The highest BCUT2D eigenvalue weighted by atomic mass is 16.5. The second-order valence-corrected chi connectivity index (χ2v) is 4.29. The molecule has 0 saturated carbocycles. The normalized spacial score (nSPS) is 23.6. The van der Waals surface area contributed by atoms with Crippen molar-refractivity contribution in [3.8, 4) is 0 Å². The number of hydrogen-bond donors (Lipinski definition) is 1. The van der Waals surface area contributed by atoms with Crippen LogP contribution in [0, 0.1) is 0 Å². The highest BCUT2D eigenvalue weighted by molar-refractivity contribution is 5.76. The molecular formula is C11H18N4O3. The molecule has 0 aliphatic carbocycles. The van der Waals surface area contributed by atoms with Crippen LogP contribution in [0.1, 0.15) is 0 Å². The molecule has 0 spiro atoms. The van der Waals surface area contributed by atoms with E-state index in [1.807, 2.05) is 0 Å². The average molecular weight is 254 g/mol. The summed E-state index contributed by atoms with van der Waals surface area (Å²) in [5.74, 6) is 0.397. The van der Waals surface area contributed by atoms with Gasteiger partial charge in [-0.25, -0.2) is 0 Å². The number of nitrogens with two attached hydrogens (primary N) is 1. The van der Waals surface area contributed by atoms with E-state index >= 15 is 0 Å². The number of carbonyl (C=O) groups is 1. The first-order valence-electron chi connectivity index (χ1n) is 5.76. The Kier molecular flexibility index (Phi) is 3.83. The zero-order valence-electron chi connectivity index (χ0n) is 10.6. The molecule has 0 radical (unpaired) electrons. The second kappa shape index (κ2) is 5.36. The molecule has 1 saturated heterocycles. The Balaban J connectivity index is 1.94. The van der Waals surface area contributed by atoms with Crippen LogP contribution in [-0.2, 0) is 20.8 Å². The molecular weight excluding hydrogens is 236 g/mol. The molecule has 7 heteroatoms. The molecule has 1 aliphatic heterocycles. The maximum atomic E-state index is 12.1. The quantitative estimate of drug-likeness (QED) is 0.771. The van der Waals surface area contributed by atoms with Crippen LogP contribution in [0.25, 0.3) is 0 Å². The number of hydrogen-bond acceptors (Lipinski definition) is 5. The van der Waals surface area contributed by atoms with Crippen molar-refractivity contribution in [2.45, 2.75) is 18.8 Å². The van der Waals surface area contributed by atoms with Gasteiger partial charge in [-0.2, -0.15) is 5.10 Å². The number of nitrogens with zero attached hydrogens (tertiary/aromatic N) is 3. The van der Waals surface area contributed by atoms with Gasteiger partial charge in [-0.1, -0.05) is 0 Å². The van der Waals surface area contributed by atoms with E-state index < -0.39 is 0 Å². The molecule has 0 aromatic carbocycles. The Morgan fingerprint density at radius 3 is 2.50 bits per heavy atom. The standard InChI is InChI=1S/C11H18N4O3/c1-17-8-5-14(6-9(8)18-2)11(16)7-15-4-3-10(12)13-15/h3-4,8-9H,5-7H2,1-2H3,(H2,12,13). The zero-order chi connectivity index (χ0) is 13.1. The topological polar surface area (TPSA) is 82.6 Å². The minimum atomic E-state index is -0.0679. The molecule has 2 unspecified atom stereocenters. The number of anilines is 1. The van der Waals surface area contributed by atoms with E-state index in [4.69, 9.17) is 15.2 Å². The van der Waals surface area contributed by atoms with Crippen molar-refractivity contribution in [2.75, 3.05) is 33.0 Å². The SMILES string of the molecule is COC1CN(C(=O)Cn2ccc(N)n2)CC1OC. The molecule has 7 nitrogen and oxygen atoms in total. The van der Waals surface area contributed by atoms with Gasteiger partial charge < -0.3 is 20.1 Å². The molecule has 100 valence electrons. The summed E-state index contributed by atoms with van der Waals surface area (Å²) in [4.78, 5) is 13.8. The third kappa shape index (κ3) is 2.62. The van der Waals surface area contributed by atoms with E-state index in [2.05, 4.69) is 5.10 Å². The molecule has 1 aromatic rings. The molecule has 1 fully saturated rings. The summed E-state index contributed by atoms with van der Waals surface area (Å²) < 4.78 is 12.1. The number of aromatic nitrogens is 2. The van der Waals surface area contributed by atoms with Crippen LogP contribution in [0.2, 0.25) is 0 Å². The minimum Gasteiger partial charge on any atom is -0.382 e. The number of methoxy groups -OCH3 is 2. The van der Waals surface area contributed by atoms with E-state index in [0.29, 0.717) is 18.9 Å². The van der Waals surface area contributed by atoms with Crippen LogP contribution >= 0.6 is 0 Å². The van der Waals surface area contributed by atoms with E-state index in [1.165, 1.54) is 4.68 Å². The fourth-order valence-electron chi connectivity index (χ4n) is 2.10. The average Bonchev–Trinajstić information content (AvgIpc) is 2.95. The summed E-state index contributed by atoms with van der Waals surface area (Å²) >= 11 is 0. The summed E-state index contributed by atoms with van der Waals surface area (Å²) in [6.45, 7) is 1.28. The lowest BCUT2D eigenvalue weighted by atomic mass is 10.3. The van der Waals surface area contributed by atoms with Crippen molar-refractivity contribution in [2.24, 2.45) is 0 Å². The van der Waals surface area contributed by atoms with Crippen molar-refractivity contribution >= 4 is 11.7 Å². The van der Waals surface area contributed by atoms with Gasteiger partial charge in [0, 0.05) is 33.5 Å². The third-order valence-electron chi connectivity index (χ3n) is 3.13. The van der Waals surface area contributed by atoms with Crippen LogP contribution in [-0.4, -0.2) is 60.1 Å². The number of nitrogen functional groups attached to an aromatic ring is 1. The Bertz CT molecular complexity index is 408. The monoisotopic (exact) mass is 254 g/mol. The fourth-order valence-corrected chi connectivity index (χ4v) is 2.10. The van der Waals surface area contributed by atoms with Crippen LogP contribution in [0.5, 0.6) is 0 Å². The maximum absolute atomic E-state index is 12.1. The largest absolute Gasteiger partial charge is 0.382 e. The second-order valence-electron chi connectivity index (χ2n) is 4.29. The first kappa shape index (κ1) is 12.8. The molecule has 1 aromatic heterocycles. The van der Waals surface area contributed by atoms with Gasteiger partial charge in [-0.15, -0.1) is 0 Å². The predicted octanol–water partition coefficient (Wildman–Crippen LogP) is -0.662. The number of carbonyl (C=O) groups excluding carboxylic acids is 1. The molecule has 2 atom stereocenters. The van der Waals surface area contributed by atoms with Gasteiger partial charge in [-0.3, -0.25) is 9.48 Å². The third-order valence-corrected chi connectivity index (χ3v) is 3.13. The molecule has 18 heavy (non-hydrogen) atoms. The van der Waals surface area contributed by atoms with E-state index in [0.717, 1.165) is 0 Å². The summed E-state index contributed by atoms with van der Waals surface area (Å²) in [6, 6.07) is 1.66. The van der Waals surface area contributed by atoms with Gasteiger partial charge in [-0.05, 0) is 6.07 Å². The number of likely N-dealkylation sites (tertiary alicyclic amines) is 1. The number of rotatable bonds is 4. The molecule has 1 aliphatic rings. The summed E-state index contributed by atoms with van der Waals surface area (Å²) in [6.07, 6.45) is 1.55. The Morgan fingerprint density at radius 1 is 1.44 bits per heavy atom. The van der Waals surface area contributed by atoms with Crippen molar-refractivity contribution in [3.05, 3.63) is 12.3 Å². The van der Waals surface area contributed by atoms with Gasteiger partial charge in [0.05, 0.1) is 0 Å². The van der Waals surface area contributed by atoms with E-state index in [9.17, 15) is 4.79 Å². The van der Waals surface area contributed by atoms with E-state index in [1.54, 1.807) is 31.4 Å². The predicted molar refractivity (Wildman–Crippen MR) is 64.8 cm³/mol. The lowest BCUT2D eigenvalue weighted by Crippen LogP contribution is -2.33. The number of amides is 1. The number of ether oxygens (including phenoxy) is 2. The first-order chi connectivity index (χ1) is 8.63. The summed E-state index contributed by atoms with van der Waals surface area (Å²) in [5, 5.41) is 3.98. The Labute approximate surface area is 105 Å². The van der Waals surface area contributed by atoms with E-state index in [-0.39, 0.29) is 24.7 Å². The van der Waals surface area contributed by atoms with Gasteiger partial charge >= 0.3 is 0 Å². The molecule has 0 bridgehead atoms. The van der Waals surface area contributed by atoms with Gasteiger partial charge in [0.2, 0.25) is 5.91 Å². The fraction of sp³-hybridized carbons (Fsp3) is 0.636. The van der Waals surface area contributed by atoms with Crippen LogP contribution < -0.4 is 5.73 Å². The van der Waals surface area contributed by atoms with Crippen molar-refractivity contribution in [1.29, 1.82) is 0 Å². The van der Waals surface area contributed by atoms with Crippen LogP contribution in [0.4, 0.5) is 5.82 Å². The Morgan fingerprint density at radius 2 is 2.06 bits per heavy atom. The van der Waals surface area contributed by atoms with Gasteiger partial charge in [0.1, 0.15) is 24.6 Å². The van der Waals surface area contributed by atoms with Crippen molar-refractivity contribution in [3.63, 3.8) is 0 Å². The summed E-state index contributed by atoms with van der Waals surface area (Å²) in [5.41, 5.74) is 5.50. The van der Waals surface area contributed by atoms with Gasteiger partial charge in [0.25, 0.3) is 0 Å². The van der Waals surface area contributed by atoms with Gasteiger partial charge in [0.15, 0.2) is 0 Å². The summed E-state index contributed by atoms with van der Waals surface area (Å²) in [7, 11) is 3.25. The lowest BCUT2D eigenvalue weighted by molar-refractivity contribution is -0.131. The van der Waals surface area contributed by atoms with Crippen molar-refractivity contribution in [1.82, 2.24) is 14.7 Å². The lowest BCUT2D eigenvalue weighted by Gasteiger charge is -2.15. The molecule has 2 N–H and O–H groups in total. The highest BCUT2D eigenvalue weighted by Gasteiger charge is 2.35. The maximum Gasteiger partial charge on any atom is 0.244 e. The molecule has 1 amide bonds. The molecule has 2 rings (SSSR count). The van der Waals surface area contributed by atoms with Crippen LogP contribution in [0.3, 0.4) is 0 Å². The zero-order valence-corrected chi connectivity index (χ0v) is 10.6. The smallest absolute Gasteiger partial charge is 0.244 e. The molecule has 2 heterocycles. The highest BCUT2D eigenvalue weighted by Crippen LogP contribution is 2.16. The van der Waals surface area contributed by atoms with Crippen LogP contribution in [0.15, 0.2) is 12.3 Å². The minimum absolute atomic E-state index is 0.0142. The van der Waals surface area contributed by atoms with Crippen molar-refractivity contribution < 1.29 is 14.3 Å². The first-order valence-corrected chi connectivity index (χ1v) is 5.76. The Hall–Kier alpha value is -1.60.